The third kappa shape index (κ3) is 5.59. The molecule has 0 saturated carbocycles. The van der Waals surface area contributed by atoms with Crippen LogP contribution in [0.4, 0.5) is 10.1 Å². The Hall–Kier alpha value is -1.82. The van der Waals surface area contributed by atoms with Crippen LogP contribution in [0.2, 0.25) is 10.0 Å². The summed E-state index contributed by atoms with van der Waals surface area (Å²) in [5.74, 6) is -0.690. The number of carbonyl (C=O) groups excluding carboxylic acids is 1. The molecule has 0 unspecified atom stereocenters. The molecule has 0 fully saturated rings. The Kier molecular flexibility index (Phi) is 7.26. The summed E-state index contributed by atoms with van der Waals surface area (Å²) in [6.07, 6.45) is 0. The van der Waals surface area contributed by atoms with E-state index in [0.29, 0.717) is 17.1 Å². The Balaban J connectivity index is 1.84. The highest BCUT2D eigenvalue weighted by atomic mass is 35.5. The zero-order valence-corrected chi connectivity index (χ0v) is 16.5. The highest BCUT2D eigenvalue weighted by Crippen LogP contribution is 2.28. The van der Waals surface area contributed by atoms with Gasteiger partial charge in [-0.15, -0.1) is 0 Å². The molecule has 0 bridgehead atoms. The predicted octanol–water partition coefficient (Wildman–Crippen LogP) is 4.17. The molecule has 4 nitrogen and oxygen atoms in total. The Morgan fingerprint density at radius 3 is 2.42 bits per heavy atom. The summed E-state index contributed by atoms with van der Waals surface area (Å²) in [5.41, 5.74) is 2.67. The first-order chi connectivity index (χ1) is 12.3. The second-order valence-electron chi connectivity index (χ2n) is 6.23. The third-order valence-corrected chi connectivity index (χ3v) is 4.63. The van der Waals surface area contributed by atoms with Crippen molar-refractivity contribution in [3.05, 3.63) is 63.4 Å². The van der Waals surface area contributed by atoms with Crippen molar-refractivity contribution >= 4 is 34.8 Å². The Morgan fingerprint density at radius 2 is 1.81 bits per heavy atom. The van der Waals surface area contributed by atoms with E-state index in [4.69, 9.17) is 23.2 Å². The van der Waals surface area contributed by atoms with Crippen molar-refractivity contribution in [3.63, 3.8) is 0 Å². The molecule has 1 atom stereocenters. The Bertz CT molecular complexity index is 766. The van der Waals surface area contributed by atoms with Gasteiger partial charge in [-0.25, -0.2) is 4.39 Å². The summed E-state index contributed by atoms with van der Waals surface area (Å²) < 4.78 is 13.6. The molecular formula is C19H22Cl2FN3O. The standard InChI is InChI=1S/C19H22Cl2FN3O/c1-12(15-8-18(22)17(21)9-16(15)20)23-11-19(26)24-10-13-4-6-14(7-5-13)25(2)3/h4-9,12,23H,10-11H2,1-3H3,(H,24,26)/t12-/m1/s1. The van der Waals surface area contributed by atoms with Gasteiger partial charge in [0.1, 0.15) is 5.82 Å². The van der Waals surface area contributed by atoms with Crippen LogP contribution in [0.15, 0.2) is 36.4 Å². The molecule has 0 heterocycles. The summed E-state index contributed by atoms with van der Waals surface area (Å²) in [4.78, 5) is 14.0. The highest BCUT2D eigenvalue weighted by Gasteiger charge is 2.14. The Labute approximate surface area is 163 Å². The molecule has 0 saturated heterocycles. The number of anilines is 1. The van der Waals surface area contributed by atoms with Crippen LogP contribution in [-0.2, 0) is 11.3 Å². The second kappa shape index (κ2) is 9.21. The summed E-state index contributed by atoms with van der Waals surface area (Å²) >= 11 is 11.8. The first-order valence-corrected chi connectivity index (χ1v) is 8.94. The molecule has 0 aliphatic rings. The molecule has 140 valence electrons. The first-order valence-electron chi connectivity index (χ1n) is 8.18. The number of nitrogens with one attached hydrogen (secondary N) is 2. The minimum absolute atomic E-state index is 0.0241. The van der Waals surface area contributed by atoms with E-state index < -0.39 is 5.82 Å². The van der Waals surface area contributed by atoms with Crippen molar-refractivity contribution in [2.24, 2.45) is 0 Å². The van der Waals surface area contributed by atoms with Crippen molar-refractivity contribution < 1.29 is 9.18 Å². The molecule has 7 heteroatoms. The smallest absolute Gasteiger partial charge is 0.234 e. The SMILES string of the molecule is C[C@@H](NCC(=O)NCc1ccc(N(C)C)cc1)c1cc(F)c(Cl)cc1Cl. The third-order valence-electron chi connectivity index (χ3n) is 4.02. The van der Waals surface area contributed by atoms with Crippen LogP contribution in [-0.4, -0.2) is 26.5 Å². The van der Waals surface area contributed by atoms with E-state index in [1.807, 2.05) is 50.2 Å². The van der Waals surface area contributed by atoms with Crippen LogP contribution in [0.3, 0.4) is 0 Å². The lowest BCUT2D eigenvalue weighted by atomic mass is 10.1. The number of rotatable bonds is 7. The molecular weight excluding hydrogens is 376 g/mol. The summed E-state index contributed by atoms with van der Waals surface area (Å²) in [6, 6.07) is 10.3. The average Bonchev–Trinajstić information content (AvgIpc) is 2.61. The van der Waals surface area contributed by atoms with Crippen LogP contribution in [0.25, 0.3) is 0 Å². The predicted molar refractivity (Wildman–Crippen MR) is 105 cm³/mol. The van der Waals surface area contributed by atoms with Gasteiger partial charge < -0.3 is 15.5 Å². The van der Waals surface area contributed by atoms with E-state index in [0.717, 1.165) is 11.3 Å². The van der Waals surface area contributed by atoms with Gasteiger partial charge in [0.2, 0.25) is 5.91 Å². The van der Waals surface area contributed by atoms with Gasteiger partial charge >= 0.3 is 0 Å². The number of benzene rings is 2. The van der Waals surface area contributed by atoms with Crippen molar-refractivity contribution in [2.75, 3.05) is 25.5 Å². The minimum atomic E-state index is -0.537. The van der Waals surface area contributed by atoms with E-state index >= 15 is 0 Å². The van der Waals surface area contributed by atoms with E-state index in [1.165, 1.54) is 12.1 Å². The fourth-order valence-electron chi connectivity index (χ4n) is 2.40. The van der Waals surface area contributed by atoms with Gasteiger partial charge in [-0.2, -0.15) is 0 Å². The molecule has 0 aliphatic heterocycles. The van der Waals surface area contributed by atoms with Gasteiger partial charge in [0.15, 0.2) is 0 Å². The number of amides is 1. The van der Waals surface area contributed by atoms with Crippen molar-refractivity contribution in [2.45, 2.75) is 19.5 Å². The van der Waals surface area contributed by atoms with E-state index in [1.54, 1.807) is 0 Å². The average molecular weight is 398 g/mol. The molecule has 0 radical (unpaired) electrons. The van der Waals surface area contributed by atoms with Gasteiger partial charge in [0, 0.05) is 37.4 Å². The van der Waals surface area contributed by atoms with Gasteiger partial charge in [0.25, 0.3) is 0 Å². The van der Waals surface area contributed by atoms with Crippen LogP contribution in [0, 0.1) is 5.82 Å². The van der Waals surface area contributed by atoms with Crippen molar-refractivity contribution in [1.82, 2.24) is 10.6 Å². The van der Waals surface area contributed by atoms with Gasteiger partial charge in [-0.3, -0.25) is 4.79 Å². The number of hydrogen-bond donors (Lipinski definition) is 2. The second-order valence-corrected chi connectivity index (χ2v) is 7.04. The molecule has 0 aliphatic carbocycles. The molecule has 0 spiro atoms. The largest absolute Gasteiger partial charge is 0.378 e. The van der Waals surface area contributed by atoms with Crippen LogP contribution < -0.4 is 15.5 Å². The van der Waals surface area contributed by atoms with Gasteiger partial charge in [-0.05, 0) is 42.3 Å². The first kappa shape index (κ1) is 20.5. The lowest BCUT2D eigenvalue weighted by molar-refractivity contribution is -0.120. The zero-order valence-electron chi connectivity index (χ0n) is 14.9. The maximum atomic E-state index is 13.6. The zero-order chi connectivity index (χ0) is 19.3. The Morgan fingerprint density at radius 1 is 1.15 bits per heavy atom. The fraction of sp³-hybridized carbons (Fsp3) is 0.316. The fourth-order valence-corrected chi connectivity index (χ4v) is 2.95. The lowest BCUT2D eigenvalue weighted by Gasteiger charge is -2.16. The molecule has 26 heavy (non-hydrogen) atoms. The summed E-state index contributed by atoms with van der Waals surface area (Å²) in [6.45, 7) is 2.35. The van der Waals surface area contributed by atoms with Gasteiger partial charge in [0.05, 0.1) is 11.6 Å². The topological polar surface area (TPSA) is 44.4 Å². The molecule has 0 aromatic heterocycles. The van der Waals surface area contributed by atoms with E-state index in [9.17, 15) is 9.18 Å². The van der Waals surface area contributed by atoms with E-state index in [-0.39, 0.29) is 23.5 Å². The summed E-state index contributed by atoms with van der Waals surface area (Å²) in [7, 11) is 3.95. The maximum Gasteiger partial charge on any atom is 0.234 e. The van der Waals surface area contributed by atoms with Crippen LogP contribution in [0.5, 0.6) is 0 Å². The molecule has 2 N–H and O–H groups in total. The molecule has 2 rings (SSSR count). The van der Waals surface area contributed by atoms with Gasteiger partial charge in [-0.1, -0.05) is 35.3 Å². The number of halogens is 3. The number of hydrogen-bond acceptors (Lipinski definition) is 3. The van der Waals surface area contributed by atoms with Crippen molar-refractivity contribution in [3.8, 4) is 0 Å². The quantitative estimate of drug-likeness (QED) is 0.689. The number of carbonyl (C=O) groups is 1. The lowest BCUT2D eigenvalue weighted by Crippen LogP contribution is -2.34. The van der Waals surface area contributed by atoms with Crippen LogP contribution in [0.1, 0.15) is 24.1 Å². The van der Waals surface area contributed by atoms with Crippen molar-refractivity contribution in [1.29, 1.82) is 0 Å². The van der Waals surface area contributed by atoms with Crippen LogP contribution >= 0.6 is 23.2 Å². The number of nitrogens with zero attached hydrogens (tertiary/aromatic N) is 1. The summed E-state index contributed by atoms with van der Waals surface area (Å²) in [5, 5.41) is 6.21. The molecule has 1 amide bonds. The molecule has 2 aromatic rings. The monoisotopic (exact) mass is 397 g/mol. The molecule has 2 aromatic carbocycles. The maximum absolute atomic E-state index is 13.6. The highest BCUT2D eigenvalue weighted by molar-refractivity contribution is 6.35. The van der Waals surface area contributed by atoms with E-state index in [2.05, 4.69) is 10.6 Å². The minimum Gasteiger partial charge on any atom is -0.378 e. The normalized spacial score (nSPS) is 11.9.